The average Bonchev–Trinajstić information content (AvgIpc) is 2.97. The first-order valence-corrected chi connectivity index (χ1v) is 7.90. The van der Waals surface area contributed by atoms with E-state index in [4.69, 9.17) is 0 Å². The smallest absolute Gasteiger partial charge is 0.190 e. The van der Waals surface area contributed by atoms with Gasteiger partial charge in [-0.2, -0.15) is 0 Å². The number of hydrogen-bond acceptors (Lipinski definition) is 5. The third kappa shape index (κ3) is 2.95. The Balaban J connectivity index is 1.87. The number of hydrogen-bond donors (Lipinski definition) is 2. The zero-order chi connectivity index (χ0) is 13.9. The molecule has 108 valence electrons. The number of thioether (sulfide) groups is 1. The summed E-state index contributed by atoms with van der Waals surface area (Å²) in [6.07, 6.45) is 4.61. The van der Waals surface area contributed by atoms with Gasteiger partial charge in [0, 0.05) is 18.3 Å². The monoisotopic (exact) mass is 284 g/mol. The lowest BCUT2D eigenvalue weighted by Gasteiger charge is -2.33. The molecule has 0 aromatic carbocycles. The fourth-order valence-electron chi connectivity index (χ4n) is 2.99. The maximum Gasteiger partial charge on any atom is 0.190 e. The van der Waals surface area contributed by atoms with Crippen molar-refractivity contribution in [1.82, 2.24) is 20.1 Å². The first-order chi connectivity index (χ1) is 9.13. The Morgan fingerprint density at radius 1 is 1.53 bits per heavy atom. The molecule has 2 rings (SSSR count). The molecule has 2 unspecified atom stereocenters. The van der Waals surface area contributed by atoms with Crippen LogP contribution in [-0.4, -0.2) is 44.8 Å². The Kier molecular flexibility index (Phi) is 4.86. The van der Waals surface area contributed by atoms with Gasteiger partial charge in [0.1, 0.15) is 5.82 Å². The first kappa shape index (κ1) is 14.8. The van der Waals surface area contributed by atoms with Gasteiger partial charge in [0.2, 0.25) is 0 Å². The first-order valence-electron chi connectivity index (χ1n) is 6.91. The third-order valence-corrected chi connectivity index (χ3v) is 5.54. The van der Waals surface area contributed by atoms with Crippen molar-refractivity contribution in [1.29, 1.82) is 0 Å². The van der Waals surface area contributed by atoms with Crippen molar-refractivity contribution in [2.24, 2.45) is 13.0 Å². The second kappa shape index (κ2) is 6.24. The number of rotatable bonds is 6. The molecule has 0 amide bonds. The summed E-state index contributed by atoms with van der Waals surface area (Å²) in [5.74, 6) is 2.53. The highest BCUT2D eigenvalue weighted by Gasteiger charge is 2.40. The van der Waals surface area contributed by atoms with Gasteiger partial charge >= 0.3 is 0 Å². The summed E-state index contributed by atoms with van der Waals surface area (Å²) < 4.78 is 2.02. The van der Waals surface area contributed by atoms with E-state index in [9.17, 15) is 5.11 Å². The van der Waals surface area contributed by atoms with E-state index < -0.39 is 0 Å². The standard InChI is InChI=1S/C13H24N4OS/c1-10-15-16-12(17(10)3)19-8-6-11-5-4-7-13(11,9-18)14-2/h11,14,18H,4-9H2,1-3H3. The van der Waals surface area contributed by atoms with Crippen LogP contribution < -0.4 is 5.32 Å². The van der Waals surface area contributed by atoms with Gasteiger partial charge in [0.15, 0.2) is 5.16 Å². The van der Waals surface area contributed by atoms with Gasteiger partial charge in [-0.15, -0.1) is 10.2 Å². The molecule has 1 aliphatic rings. The minimum atomic E-state index is -0.0592. The Morgan fingerprint density at radius 2 is 2.32 bits per heavy atom. The molecule has 0 aliphatic heterocycles. The van der Waals surface area contributed by atoms with Crippen LogP contribution in [0, 0.1) is 12.8 Å². The van der Waals surface area contributed by atoms with E-state index in [0.29, 0.717) is 5.92 Å². The number of nitrogens with zero attached hydrogens (tertiary/aromatic N) is 3. The summed E-state index contributed by atoms with van der Waals surface area (Å²) in [7, 11) is 3.96. The van der Waals surface area contributed by atoms with Crippen LogP contribution in [0.5, 0.6) is 0 Å². The van der Waals surface area contributed by atoms with Gasteiger partial charge < -0.3 is 15.0 Å². The molecule has 1 saturated carbocycles. The van der Waals surface area contributed by atoms with Crippen molar-refractivity contribution >= 4 is 11.8 Å². The van der Waals surface area contributed by atoms with E-state index in [1.165, 1.54) is 12.8 Å². The van der Waals surface area contributed by atoms with Crippen LogP contribution in [0.2, 0.25) is 0 Å². The van der Waals surface area contributed by atoms with Crippen LogP contribution in [0.4, 0.5) is 0 Å². The highest BCUT2D eigenvalue weighted by molar-refractivity contribution is 7.99. The Labute approximate surface area is 119 Å². The molecule has 0 saturated heterocycles. The Morgan fingerprint density at radius 3 is 2.89 bits per heavy atom. The van der Waals surface area contributed by atoms with Crippen molar-refractivity contribution < 1.29 is 5.11 Å². The largest absolute Gasteiger partial charge is 0.394 e. The van der Waals surface area contributed by atoms with E-state index in [-0.39, 0.29) is 12.1 Å². The molecule has 2 N–H and O–H groups in total. The SMILES string of the molecule is CNC1(CO)CCCC1CCSc1nnc(C)n1C. The molecule has 0 radical (unpaired) electrons. The van der Waals surface area contributed by atoms with Gasteiger partial charge in [0.25, 0.3) is 0 Å². The molecule has 2 atom stereocenters. The average molecular weight is 284 g/mol. The lowest BCUT2D eigenvalue weighted by atomic mass is 9.86. The third-order valence-electron chi connectivity index (χ3n) is 4.49. The highest BCUT2D eigenvalue weighted by Crippen LogP contribution is 2.38. The van der Waals surface area contributed by atoms with Crippen LogP contribution in [0.1, 0.15) is 31.5 Å². The highest BCUT2D eigenvalue weighted by atomic mass is 32.2. The quantitative estimate of drug-likeness (QED) is 0.772. The van der Waals surface area contributed by atoms with Crippen molar-refractivity contribution in [2.75, 3.05) is 19.4 Å². The van der Waals surface area contributed by atoms with Gasteiger partial charge in [-0.3, -0.25) is 0 Å². The van der Waals surface area contributed by atoms with Crippen LogP contribution in [0.3, 0.4) is 0 Å². The predicted molar refractivity (Wildman–Crippen MR) is 77.3 cm³/mol. The summed E-state index contributed by atoms with van der Waals surface area (Å²) in [6, 6.07) is 0. The number of aryl methyl sites for hydroxylation is 1. The zero-order valence-electron chi connectivity index (χ0n) is 12.0. The molecule has 0 spiro atoms. The zero-order valence-corrected chi connectivity index (χ0v) is 12.8. The molecule has 1 fully saturated rings. The summed E-state index contributed by atoms with van der Waals surface area (Å²) in [4.78, 5) is 0. The van der Waals surface area contributed by atoms with Crippen LogP contribution in [-0.2, 0) is 7.05 Å². The lowest BCUT2D eigenvalue weighted by Crippen LogP contribution is -2.49. The van der Waals surface area contributed by atoms with Crippen molar-refractivity contribution in [3.63, 3.8) is 0 Å². The van der Waals surface area contributed by atoms with Crippen LogP contribution in [0.25, 0.3) is 0 Å². The number of likely N-dealkylation sites (N-methyl/N-ethyl adjacent to an activating group) is 1. The number of aliphatic hydroxyl groups excluding tert-OH is 1. The fourth-order valence-corrected chi connectivity index (χ4v) is 4.00. The van der Waals surface area contributed by atoms with E-state index in [0.717, 1.165) is 29.6 Å². The minimum Gasteiger partial charge on any atom is -0.394 e. The second-order valence-electron chi connectivity index (χ2n) is 5.38. The molecule has 6 heteroatoms. The number of aromatic nitrogens is 3. The van der Waals surface area contributed by atoms with E-state index in [1.54, 1.807) is 11.8 Å². The number of nitrogens with one attached hydrogen (secondary N) is 1. The maximum atomic E-state index is 9.65. The maximum absolute atomic E-state index is 9.65. The van der Waals surface area contributed by atoms with Crippen LogP contribution in [0.15, 0.2) is 5.16 Å². The van der Waals surface area contributed by atoms with E-state index >= 15 is 0 Å². The molecule has 0 bridgehead atoms. The van der Waals surface area contributed by atoms with Crippen LogP contribution >= 0.6 is 11.8 Å². The van der Waals surface area contributed by atoms with Crippen molar-refractivity contribution in [2.45, 2.75) is 43.3 Å². The Hall–Kier alpha value is -0.590. The Bertz CT molecular complexity index is 417. The molecular formula is C13H24N4OS. The van der Waals surface area contributed by atoms with Gasteiger partial charge in [-0.05, 0) is 39.2 Å². The lowest BCUT2D eigenvalue weighted by molar-refractivity contribution is 0.130. The molecule has 1 aromatic rings. The topological polar surface area (TPSA) is 63.0 Å². The normalized spacial score (nSPS) is 27.1. The van der Waals surface area contributed by atoms with Gasteiger partial charge in [-0.1, -0.05) is 18.2 Å². The summed E-state index contributed by atoms with van der Waals surface area (Å²) >= 11 is 1.76. The van der Waals surface area contributed by atoms with E-state index in [1.807, 2.05) is 25.6 Å². The fraction of sp³-hybridized carbons (Fsp3) is 0.846. The minimum absolute atomic E-state index is 0.0592. The van der Waals surface area contributed by atoms with Crippen molar-refractivity contribution in [3.8, 4) is 0 Å². The second-order valence-corrected chi connectivity index (χ2v) is 6.44. The molecule has 1 aromatic heterocycles. The van der Waals surface area contributed by atoms with Gasteiger partial charge in [-0.25, -0.2) is 0 Å². The predicted octanol–water partition coefficient (Wildman–Crippen LogP) is 1.36. The van der Waals surface area contributed by atoms with E-state index in [2.05, 4.69) is 15.5 Å². The molecular weight excluding hydrogens is 260 g/mol. The molecule has 19 heavy (non-hydrogen) atoms. The summed E-state index contributed by atoms with van der Waals surface area (Å²) in [6.45, 7) is 2.20. The molecule has 5 nitrogen and oxygen atoms in total. The molecule has 1 aliphatic carbocycles. The molecule has 1 heterocycles. The summed E-state index contributed by atoms with van der Waals surface area (Å²) in [5, 5.41) is 22.2. The van der Waals surface area contributed by atoms with Gasteiger partial charge in [0.05, 0.1) is 6.61 Å². The number of aliphatic hydroxyl groups is 1. The summed E-state index contributed by atoms with van der Waals surface area (Å²) in [5.41, 5.74) is -0.0592. The van der Waals surface area contributed by atoms with Crippen molar-refractivity contribution in [3.05, 3.63) is 5.82 Å².